The van der Waals surface area contributed by atoms with Crippen molar-refractivity contribution < 1.29 is 4.74 Å². The summed E-state index contributed by atoms with van der Waals surface area (Å²) in [6.07, 6.45) is 1.66. The minimum Gasteiger partial charge on any atom is -0.377 e. The minimum atomic E-state index is 0.258. The zero-order valence-electron chi connectivity index (χ0n) is 10.9. The summed E-state index contributed by atoms with van der Waals surface area (Å²) in [6.45, 7) is 6.45. The second kappa shape index (κ2) is 4.52. The SMILES string of the molecule is CC1(C)C(NCc2ccc(Cl)cc2)C2CCOC21. The molecule has 1 N–H and O–H groups in total. The van der Waals surface area contributed by atoms with Crippen LogP contribution in [0.15, 0.2) is 24.3 Å². The Morgan fingerprint density at radius 2 is 2.06 bits per heavy atom. The van der Waals surface area contributed by atoms with Crippen LogP contribution in [0.25, 0.3) is 0 Å². The van der Waals surface area contributed by atoms with Gasteiger partial charge in [-0.2, -0.15) is 0 Å². The molecule has 0 aromatic heterocycles. The van der Waals surface area contributed by atoms with E-state index in [-0.39, 0.29) is 5.41 Å². The van der Waals surface area contributed by atoms with Crippen LogP contribution in [0.5, 0.6) is 0 Å². The fourth-order valence-electron chi connectivity index (χ4n) is 3.57. The molecule has 1 saturated carbocycles. The third kappa shape index (κ3) is 1.97. The fourth-order valence-corrected chi connectivity index (χ4v) is 3.69. The Hall–Kier alpha value is -0.570. The Kier molecular flexibility index (Phi) is 3.13. The first-order valence-corrected chi connectivity index (χ1v) is 7.06. The second-order valence-corrected chi connectivity index (χ2v) is 6.49. The van der Waals surface area contributed by atoms with Crippen molar-refractivity contribution in [2.45, 2.75) is 39.0 Å². The molecular formula is C15H20ClNO. The van der Waals surface area contributed by atoms with Crippen molar-refractivity contribution in [2.24, 2.45) is 11.3 Å². The average Bonchev–Trinajstić information content (AvgIpc) is 2.78. The van der Waals surface area contributed by atoms with Crippen LogP contribution in [0.3, 0.4) is 0 Å². The van der Waals surface area contributed by atoms with Crippen molar-refractivity contribution >= 4 is 11.6 Å². The molecule has 1 saturated heterocycles. The Morgan fingerprint density at radius 3 is 2.78 bits per heavy atom. The molecule has 3 unspecified atom stereocenters. The Labute approximate surface area is 114 Å². The summed E-state index contributed by atoms with van der Waals surface area (Å²) in [5, 5.41) is 4.49. The molecule has 3 atom stereocenters. The van der Waals surface area contributed by atoms with Crippen molar-refractivity contribution in [2.75, 3.05) is 6.61 Å². The van der Waals surface area contributed by atoms with Crippen LogP contribution in [0.2, 0.25) is 5.02 Å². The summed E-state index contributed by atoms with van der Waals surface area (Å²) in [7, 11) is 0. The van der Waals surface area contributed by atoms with Crippen molar-refractivity contribution in [3.05, 3.63) is 34.9 Å². The third-order valence-corrected chi connectivity index (χ3v) is 4.79. The van der Waals surface area contributed by atoms with E-state index in [4.69, 9.17) is 16.3 Å². The van der Waals surface area contributed by atoms with E-state index >= 15 is 0 Å². The molecule has 1 heterocycles. The maximum atomic E-state index is 5.89. The van der Waals surface area contributed by atoms with E-state index in [0.29, 0.717) is 18.1 Å². The first-order valence-electron chi connectivity index (χ1n) is 6.68. The van der Waals surface area contributed by atoms with Gasteiger partial charge < -0.3 is 10.1 Å². The van der Waals surface area contributed by atoms with E-state index < -0.39 is 0 Å². The van der Waals surface area contributed by atoms with E-state index in [1.165, 1.54) is 12.0 Å². The molecule has 2 fully saturated rings. The summed E-state index contributed by atoms with van der Waals surface area (Å²) in [5.41, 5.74) is 1.55. The number of hydrogen-bond acceptors (Lipinski definition) is 2. The highest BCUT2D eigenvalue weighted by atomic mass is 35.5. The molecule has 1 aliphatic carbocycles. The van der Waals surface area contributed by atoms with E-state index in [1.54, 1.807) is 0 Å². The van der Waals surface area contributed by atoms with Crippen molar-refractivity contribution in [3.8, 4) is 0 Å². The van der Waals surface area contributed by atoms with Crippen LogP contribution in [-0.4, -0.2) is 18.8 Å². The summed E-state index contributed by atoms with van der Waals surface area (Å²) >= 11 is 5.89. The molecule has 2 aliphatic rings. The maximum Gasteiger partial charge on any atom is 0.0685 e. The highest BCUT2D eigenvalue weighted by Crippen LogP contribution is 2.52. The molecule has 0 spiro atoms. The van der Waals surface area contributed by atoms with E-state index in [0.717, 1.165) is 18.2 Å². The Balaban J connectivity index is 1.62. The molecule has 3 heteroatoms. The molecule has 1 aliphatic heterocycles. The molecule has 2 nitrogen and oxygen atoms in total. The molecular weight excluding hydrogens is 246 g/mol. The molecule has 0 bridgehead atoms. The second-order valence-electron chi connectivity index (χ2n) is 6.05. The molecule has 3 rings (SSSR count). The Morgan fingerprint density at radius 1 is 1.33 bits per heavy atom. The van der Waals surface area contributed by atoms with Gasteiger partial charge in [-0.25, -0.2) is 0 Å². The summed E-state index contributed by atoms with van der Waals surface area (Å²) < 4.78 is 5.81. The van der Waals surface area contributed by atoms with E-state index in [9.17, 15) is 0 Å². The molecule has 1 aromatic carbocycles. The first-order chi connectivity index (χ1) is 8.59. The third-order valence-electron chi connectivity index (χ3n) is 4.54. The van der Waals surface area contributed by atoms with Gasteiger partial charge >= 0.3 is 0 Å². The molecule has 18 heavy (non-hydrogen) atoms. The maximum absolute atomic E-state index is 5.89. The van der Waals surface area contributed by atoms with Crippen molar-refractivity contribution in [1.29, 1.82) is 0 Å². The number of ether oxygens (including phenoxy) is 1. The van der Waals surface area contributed by atoms with Crippen LogP contribution < -0.4 is 5.32 Å². The molecule has 0 radical (unpaired) electrons. The summed E-state index contributed by atoms with van der Waals surface area (Å²) in [6, 6.07) is 8.64. The number of hydrogen-bond donors (Lipinski definition) is 1. The number of halogens is 1. The lowest BCUT2D eigenvalue weighted by Crippen LogP contribution is -2.65. The molecule has 0 amide bonds. The normalized spacial score (nSPS) is 32.9. The predicted octanol–water partition coefficient (Wildman–Crippen LogP) is 3.24. The average molecular weight is 266 g/mol. The summed E-state index contributed by atoms with van der Waals surface area (Å²) in [4.78, 5) is 0. The zero-order valence-corrected chi connectivity index (χ0v) is 11.7. The number of rotatable bonds is 3. The standard InChI is InChI=1S/C15H20ClNO/c1-15(2)13(12-7-8-18-14(12)15)17-9-10-3-5-11(16)6-4-10/h3-6,12-14,17H,7-9H2,1-2H3. The van der Waals surface area contributed by atoms with Gasteiger partial charge in [0.25, 0.3) is 0 Å². The highest BCUT2D eigenvalue weighted by molar-refractivity contribution is 6.30. The van der Waals surface area contributed by atoms with Gasteiger partial charge in [0, 0.05) is 35.5 Å². The van der Waals surface area contributed by atoms with Gasteiger partial charge in [-0.05, 0) is 24.1 Å². The molecule has 98 valence electrons. The largest absolute Gasteiger partial charge is 0.377 e. The number of nitrogens with one attached hydrogen (secondary N) is 1. The van der Waals surface area contributed by atoms with Gasteiger partial charge in [0.2, 0.25) is 0 Å². The fraction of sp³-hybridized carbons (Fsp3) is 0.600. The smallest absolute Gasteiger partial charge is 0.0685 e. The van der Waals surface area contributed by atoms with Crippen molar-refractivity contribution in [1.82, 2.24) is 5.32 Å². The van der Waals surface area contributed by atoms with Gasteiger partial charge in [0.05, 0.1) is 6.10 Å². The van der Waals surface area contributed by atoms with Crippen LogP contribution in [0.4, 0.5) is 0 Å². The van der Waals surface area contributed by atoms with Gasteiger partial charge in [-0.15, -0.1) is 0 Å². The topological polar surface area (TPSA) is 21.3 Å². The lowest BCUT2D eigenvalue weighted by Gasteiger charge is -2.55. The molecule has 1 aromatic rings. The van der Waals surface area contributed by atoms with Crippen molar-refractivity contribution in [3.63, 3.8) is 0 Å². The van der Waals surface area contributed by atoms with Gasteiger partial charge in [0.1, 0.15) is 0 Å². The first kappa shape index (κ1) is 12.5. The quantitative estimate of drug-likeness (QED) is 0.906. The minimum absolute atomic E-state index is 0.258. The predicted molar refractivity (Wildman–Crippen MR) is 73.7 cm³/mol. The highest BCUT2D eigenvalue weighted by Gasteiger charge is 2.58. The van der Waals surface area contributed by atoms with Crippen LogP contribution >= 0.6 is 11.6 Å². The number of fused-ring (bicyclic) bond motifs is 1. The van der Waals surface area contributed by atoms with E-state index in [1.807, 2.05) is 12.1 Å². The lowest BCUT2D eigenvalue weighted by atomic mass is 9.57. The summed E-state index contributed by atoms with van der Waals surface area (Å²) in [5.74, 6) is 0.701. The monoisotopic (exact) mass is 265 g/mol. The Bertz CT molecular complexity index is 429. The van der Waals surface area contributed by atoms with Crippen LogP contribution in [-0.2, 0) is 11.3 Å². The van der Waals surface area contributed by atoms with Crippen LogP contribution in [0.1, 0.15) is 25.8 Å². The van der Waals surface area contributed by atoms with Gasteiger partial charge in [-0.3, -0.25) is 0 Å². The van der Waals surface area contributed by atoms with E-state index in [2.05, 4.69) is 31.3 Å². The zero-order chi connectivity index (χ0) is 12.8. The lowest BCUT2D eigenvalue weighted by molar-refractivity contribution is -0.113. The van der Waals surface area contributed by atoms with Gasteiger partial charge in [0.15, 0.2) is 0 Å². The number of benzene rings is 1. The van der Waals surface area contributed by atoms with Gasteiger partial charge in [-0.1, -0.05) is 37.6 Å². The van der Waals surface area contributed by atoms with Crippen LogP contribution in [0, 0.1) is 11.3 Å².